The van der Waals surface area contributed by atoms with Gasteiger partial charge in [-0.15, -0.1) is 0 Å². The predicted octanol–water partition coefficient (Wildman–Crippen LogP) is 3.13. The van der Waals surface area contributed by atoms with Crippen molar-refractivity contribution < 1.29 is 9.22 Å². The van der Waals surface area contributed by atoms with Gasteiger partial charge in [-0.1, -0.05) is 20.8 Å². The molecule has 0 saturated heterocycles. The van der Waals surface area contributed by atoms with Gasteiger partial charge in [0.2, 0.25) is 0 Å². The number of carbonyl (C=O) groups is 1. The van der Waals surface area contributed by atoms with E-state index in [0.717, 1.165) is 6.42 Å². The second-order valence-electron chi connectivity index (χ2n) is 6.63. The third-order valence-corrected chi connectivity index (χ3v) is 4.66. The summed E-state index contributed by atoms with van der Waals surface area (Å²) < 4.78 is 6.17. The fourth-order valence-corrected chi connectivity index (χ4v) is 4.10. The van der Waals surface area contributed by atoms with Crippen molar-refractivity contribution in [1.82, 2.24) is 0 Å². The van der Waals surface area contributed by atoms with E-state index in [1.165, 1.54) is 0 Å². The summed E-state index contributed by atoms with van der Waals surface area (Å²) in [6.07, 6.45) is 1.29. The van der Waals surface area contributed by atoms with E-state index in [-0.39, 0.29) is 17.1 Å². The van der Waals surface area contributed by atoms with Crippen molar-refractivity contribution in [3.8, 4) is 6.07 Å². The van der Waals surface area contributed by atoms with Crippen LogP contribution < -0.4 is 0 Å². The van der Waals surface area contributed by atoms with E-state index in [1.807, 2.05) is 20.8 Å². The lowest BCUT2D eigenvalue weighted by atomic mass is 9.61. The molecule has 0 aromatic rings. The topological polar surface area (TPSA) is 50.1 Å². The maximum absolute atomic E-state index is 11.9. The molecule has 0 heterocycles. The third kappa shape index (κ3) is 2.45. The minimum atomic E-state index is -1.87. The Hall–Kier alpha value is -0.663. The van der Waals surface area contributed by atoms with Crippen molar-refractivity contribution in [3.63, 3.8) is 0 Å². The van der Waals surface area contributed by atoms with Crippen LogP contribution in [0.2, 0.25) is 19.6 Å². The van der Waals surface area contributed by atoms with Crippen molar-refractivity contribution in [2.45, 2.75) is 58.9 Å². The van der Waals surface area contributed by atoms with Crippen LogP contribution in [0, 0.1) is 22.7 Å². The van der Waals surface area contributed by atoms with Gasteiger partial charge in [0.15, 0.2) is 13.9 Å². The first kappa shape index (κ1) is 14.4. The van der Waals surface area contributed by atoms with Crippen LogP contribution in [0.4, 0.5) is 0 Å². The molecule has 1 saturated carbocycles. The quantitative estimate of drug-likeness (QED) is 0.710. The highest BCUT2D eigenvalue weighted by molar-refractivity contribution is 6.69. The highest BCUT2D eigenvalue weighted by Crippen LogP contribution is 2.48. The highest BCUT2D eigenvalue weighted by Gasteiger charge is 2.57. The molecule has 1 aliphatic carbocycles. The maximum atomic E-state index is 11.9. The van der Waals surface area contributed by atoms with Gasteiger partial charge in [0.05, 0.1) is 12.0 Å². The first-order chi connectivity index (χ1) is 7.56. The van der Waals surface area contributed by atoms with E-state index in [4.69, 9.17) is 4.43 Å². The standard InChI is InChI=1S/C13H23NO2Si/c1-10-11(15)7-8-12(2,3)13(10,9-14)16-17(4,5)6/h10H,7-8H2,1-6H3/t10-,13-/m1/s1. The van der Waals surface area contributed by atoms with Crippen LogP contribution in [0.5, 0.6) is 0 Å². The molecular formula is C13H23NO2Si. The van der Waals surface area contributed by atoms with Gasteiger partial charge in [-0.2, -0.15) is 5.26 Å². The number of nitrogens with zero attached hydrogens (tertiary/aromatic N) is 1. The number of hydrogen-bond donors (Lipinski definition) is 0. The van der Waals surface area contributed by atoms with Crippen LogP contribution in [0.15, 0.2) is 0 Å². The lowest BCUT2D eigenvalue weighted by Gasteiger charge is -2.50. The number of rotatable bonds is 2. The molecule has 0 spiro atoms. The number of hydrogen-bond acceptors (Lipinski definition) is 3. The van der Waals surface area contributed by atoms with Crippen LogP contribution in [0.25, 0.3) is 0 Å². The van der Waals surface area contributed by atoms with Crippen LogP contribution in [0.3, 0.4) is 0 Å². The zero-order valence-electron chi connectivity index (χ0n) is 11.8. The van der Waals surface area contributed by atoms with Crippen molar-refractivity contribution in [2.75, 3.05) is 0 Å². The van der Waals surface area contributed by atoms with Crippen molar-refractivity contribution in [1.29, 1.82) is 5.26 Å². The normalized spacial score (nSPS) is 33.2. The van der Waals surface area contributed by atoms with Gasteiger partial charge < -0.3 is 4.43 Å². The molecule has 0 N–H and O–H groups in total. The van der Waals surface area contributed by atoms with Crippen LogP contribution in [-0.4, -0.2) is 19.7 Å². The fraction of sp³-hybridized carbons (Fsp3) is 0.846. The number of ketones is 1. The second kappa shape index (κ2) is 4.22. The molecule has 0 radical (unpaired) electrons. The van der Waals surface area contributed by atoms with Gasteiger partial charge in [-0.25, -0.2) is 0 Å². The number of nitriles is 1. The van der Waals surface area contributed by atoms with Gasteiger partial charge >= 0.3 is 0 Å². The summed E-state index contributed by atoms with van der Waals surface area (Å²) >= 11 is 0. The molecule has 3 nitrogen and oxygen atoms in total. The molecule has 1 aliphatic rings. The Kier molecular flexibility index (Phi) is 3.57. The second-order valence-corrected chi connectivity index (χ2v) is 11.1. The minimum absolute atomic E-state index is 0.157. The summed E-state index contributed by atoms with van der Waals surface area (Å²) in [6.45, 7) is 12.1. The molecule has 17 heavy (non-hydrogen) atoms. The molecule has 0 aromatic heterocycles. The van der Waals surface area contributed by atoms with E-state index >= 15 is 0 Å². The summed E-state index contributed by atoms with van der Waals surface area (Å²) in [6, 6.07) is 2.34. The first-order valence-corrected chi connectivity index (χ1v) is 9.61. The Bertz CT molecular complexity index is 365. The largest absolute Gasteiger partial charge is 0.399 e. The van der Waals surface area contributed by atoms with Gasteiger partial charge in [-0.05, 0) is 26.1 Å². The van der Waals surface area contributed by atoms with E-state index in [1.54, 1.807) is 0 Å². The van der Waals surface area contributed by atoms with Crippen molar-refractivity contribution >= 4 is 14.1 Å². The molecule has 1 fully saturated rings. The fourth-order valence-electron chi connectivity index (χ4n) is 2.63. The smallest absolute Gasteiger partial charge is 0.185 e. The van der Waals surface area contributed by atoms with Crippen LogP contribution in [-0.2, 0) is 9.22 Å². The highest BCUT2D eigenvalue weighted by atomic mass is 28.4. The summed E-state index contributed by atoms with van der Waals surface area (Å²) in [5.41, 5.74) is -1.22. The lowest BCUT2D eigenvalue weighted by Crippen LogP contribution is -2.60. The molecule has 0 unspecified atom stereocenters. The summed E-state index contributed by atoms with van der Waals surface area (Å²) in [5, 5.41) is 9.62. The molecular weight excluding hydrogens is 230 g/mol. The van der Waals surface area contributed by atoms with E-state index in [9.17, 15) is 10.1 Å². The molecule has 4 heteroatoms. The molecule has 0 amide bonds. The Labute approximate surface area is 105 Å². The first-order valence-electron chi connectivity index (χ1n) is 6.20. The van der Waals surface area contributed by atoms with Crippen molar-refractivity contribution in [2.24, 2.45) is 11.3 Å². The minimum Gasteiger partial charge on any atom is -0.399 e. The summed E-state index contributed by atoms with van der Waals surface area (Å²) in [4.78, 5) is 11.9. The predicted molar refractivity (Wildman–Crippen MR) is 70.0 cm³/mol. The van der Waals surface area contributed by atoms with E-state index in [2.05, 4.69) is 25.7 Å². The number of Topliss-reactive ketones (excluding diaryl/α,β-unsaturated/α-hetero) is 1. The van der Waals surface area contributed by atoms with Gasteiger partial charge in [0, 0.05) is 11.8 Å². The Balaban J connectivity index is 3.24. The Morgan fingerprint density at radius 2 is 1.94 bits per heavy atom. The van der Waals surface area contributed by atoms with Crippen molar-refractivity contribution in [3.05, 3.63) is 0 Å². The zero-order chi connectivity index (χ0) is 13.5. The average Bonchev–Trinajstić information content (AvgIpc) is 2.18. The van der Waals surface area contributed by atoms with Gasteiger partial charge in [0.1, 0.15) is 5.78 Å². The lowest BCUT2D eigenvalue weighted by molar-refractivity contribution is -0.142. The number of carbonyl (C=O) groups excluding carboxylic acids is 1. The van der Waals surface area contributed by atoms with E-state index < -0.39 is 13.9 Å². The maximum Gasteiger partial charge on any atom is 0.185 e. The average molecular weight is 253 g/mol. The monoisotopic (exact) mass is 253 g/mol. The molecule has 0 aromatic carbocycles. The Morgan fingerprint density at radius 3 is 2.35 bits per heavy atom. The molecule has 96 valence electrons. The van der Waals surface area contributed by atoms with Gasteiger partial charge in [0.25, 0.3) is 0 Å². The zero-order valence-corrected chi connectivity index (χ0v) is 12.8. The van der Waals surface area contributed by atoms with Crippen LogP contribution >= 0.6 is 0 Å². The third-order valence-electron chi connectivity index (χ3n) is 3.73. The summed E-state index contributed by atoms with van der Waals surface area (Å²) in [5.74, 6) is -0.174. The molecule has 0 aliphatic heterocycles. The molecule has 1 rings (SSSR count). The Morgan fingerprint density at radius 1 is 1.41 bits per heavy atom. The van der Waals surface area contributed by atoms with Gasteiger partial charge in [-0.3, -0.25) is 4.79 Å². The SMILES string of the molecule is C[C@@H]1C(=O)CCC(C)(C)[C@]1(C#N)O[Si](C)(C)C. The van der Waals surface area contributed by atoms with E-state index in [0.29, 0.717) is 6.42 Å². The van der Waals surface area contributed by atoms with Crippen LogP contribution in [0.1, 0.15) is 33.6 Å². The molecule has 2 atom stereocenters. The summed E-state index contributed by atoms with van der Waals surface area (Å²) in [7, 11) is -1.87. The molecule has 0 bridgehead atoms.